The molecule has 4 heteroatoms. The minimum atomic E-state index is 0.312. The summed E-state index contributed by atoms with van der Waals surface area (Å²) in [5, 5.41) is 0. The van der Waals surface area contributed by atoms with Crippen molar-refractivity contribution in [3.05, 3.63) is 65.7 Å². The third-order valence-corrected chi connectivity index (χ3v) is 7.11. The molecule has 3 saturated heterocycles. The van der Waals surface area contributed by atoms with Gasteiger partial charge in [0.05, 0.1) is 13.2 Å². The SMILES string of the molecule is COc1ccc(CN2C[C@@H]3CCC[C@@H](OCCC(C)C)[C@H]2CN3Cc2ccccc2)cc1. The molecule has 2 aromatic carbocycles. The highest BCUT2D eigenvalue weighted by atomic mass is 16.5. The molecule has 3 heterocycles. The van der Waals surface area contributed by atoms with Crippen LogP contribution in [-0.2, 0) is 17.8 Å². The van der Waals surface area contributed by atoms with Crippen molar-refractivity contribution < 1.29 is 9.47 Å². The number of hydrogen-bond donors (Lipinski definition) is 0. The molecule has 0 radical (unpaired) electrons. The van der Waals surface area contributed by atoms with E-state index in [0.717, 1.165) is 45.0 Å². The Morgan fingerprint density at radius 3 is 2.31 bits per heavy atom. The zero-order valence-corrected chi connectivity index (χ0v) is 20.1. The highest BCUT2D eigenvalue weighted by Crippen LogP contribution is 2.31. The fraction of sp³-hybridized carbons (Fsp3) is 0.571. The van der Waals surface area contributed by atoms with Gasteiger partial charge in [0.2, 0.25) is 0 Å². The summed E-state index contributed by atoms with van der Waals surface area (Å²) in [4.78, 5) is 5.43. The van der Waals surface area contributed by atoms with Gasteiger partial charge >= 0.3 is 0 Å². The number of hydrogen-bond acceptors (Lipinski definition) is 4. The van der Waals surface area contributed by atoms with Gasteiger partial charge in [-0.25, -0.2) is 0 Å². The predicted molar refractivity (Wildman–Crippen MR) is 131 cm³/mol. The Morgan fingerprint density at radius 1 is 0.875 bits per heavy atom. The van der Waals surface area contributed by atoms with Gasteiger partial charge in [0.1, 0.15) is 5.75 Å². The van der Waals surface area contributed by atoms with Crippen LogP contribution in [0.2, 0.25) is 0 Å². The number of rotatable bonds is 9. The van der Waals surface area contributed by atoms with Gasteiger partial charge in [-0.05, 0) is 54.9 Å². The van der Waals surface area contributed by atoms with Crippen LogP contribution in [0.4, 0.5) is 0 Å². The van der Waals surface area contributed by atoms with Crippen LogP contribution in [0.3, 0.4) is 0 Å². The van der Waals surface area contributed by atoms with E-state index in [9.17, 15) is 0 Å². The number of fused-ring (bicyclic) bond motifs is 5. The Hall–Kier alpha value is -1.88. The fourth-order valence-corrected chi connectivity index (χ4v) is 5.21. The zero-order chi connectivity index (χ0) is 22.3. The summed E-state index contributed by atoms with van der Waals surface area (Å²) in [6.07, 6.45) is 5.14. The van der Waals surface area contributed by atoms with Gasteiger partial charge < -0.3 is 9.47 Å². The summed E-state index contributed by atoms with van der Waals surface area (Å²) in [6, 6.07) is 20.6. The first kappa shape index (κ1) is 23.3. The van der Waals surface area contributed by atoms with Crippen molar-refractivity contribution in [1.29, 1.82) is 0 Å². The molecule has 3 atom stereocenters. The molecule has 0 aliphatic carbocycles. The van der Waals surface area contributed by atoms with E-state index in [1.807, 2.05) is 0 Å². The lowest BCUT2D eigenvalue weighted by atomic mass is 9.90. The summed E-state index contributed by atoms with van der Waals surface area (Å²) < 4.78 is 11.9. The van der Waals surface area contributed by atoms with Gasteiger partial charge in [-0.15, -0.1) is 0 Å². The van der Waals surface area contributed by atoms with E-state index < -0.39 is 0 Å². The maximum Gasteiger partial charge on any atom is 0.118 e. The summed E-state index contributed by atoms with van der Waals surface area (Å²) >= 11 is 0. The molecule has 3 fully saturated rings. The summed E-state index contributed by atoms with van der Waals surface area (Å²) in [7, 11) is 1.73. The number of piperazine rings is 1. The highest BCUT2D eigenvalue weighted by molar-refractivity contribution is 5.27. The van der Waals surface area contributed by atoms with Crippen molar-refractivity contribution in [2.75, 3.05) is 26.8 Å². The maximum atomic E-state index is 6.57. The first-order valence-electron chi connectivity index (χ1n) is 12.4. The van der Waals surface area contributed by atoms with Gasteiger partial charge in [0.25, 0.3) is 0 Å². The molecule has 3 aliphatic heterocycles. The topological polar surface area (TPSA) is 24.9 Å². The lowest BCUT2D eigenvalue weighted by molar-refractivity contribution is -0.0874. The van der Waals surface area contributed by atoms with Crippen LogP contribution in [0.25, 0.3) is 0 Å². The largest absolute Gasteiger partial charge is 0.497 e. The minimum Gasteiger partial charge on any atom is -0.497 e. The van der Waals surface area contributed by atoms with Crippen molar-refractivity contribution in [3.8, 4) is 5.75 Å². The second-order valence-electron chi connectivity index (χ2n) is 9.94. The summed E-state index contributed by atoms with van der Waals surface area (Å²) in [6.45, 7) is 9.66. The van der Waals surface area contributed by atoms with Crippen molar-refractivity contribution >= 4 is 0 Å². The van der Waals surface area contributed by atoms with Crippen LogP contribution in [0, 0.1) is 5.92 Å². The average molecular weight is 437 g/mol. The lowest BCUT2D eigenvalue weighted by Crippen LogP contribution is -2.62. The van der Waals surface area contributed by atoms with E-state index in [0.29, 0.717) is 24.1 Å². The first-order chi connectivity index (χ1) is 15.6. The van der Waals surface area contributed by atoms with E-state index in [1.165, 1.54) is 30.4 Å². The van der Waals surface area contributed by atoms with Crippen molar-refractivity contribution in [2.45, 2.75) is 70.8 Å². The van der Waals surface area contributed by atoms with E-state index >= 15 is 0 Å². The summed E-state index contributed by atoms with van der Waals surface area (Å²) in [5.41, 5.74) is 2.77. The molecule has 32 heavy (non-hydrogen) atoms. The molecular weight excluding hydrogens is 396 g/mol. The Kier molecular flexibility index (Phi) is 8.23. The molecular formula is C28H40N2O2. The van der Waals surface area contributed by atoms with Gasteiger partial charge in [0.15, 0.2) is 0 Å². The Labute approximate surface area is 194 Å². The molecule has 174 valence electrons. The quantitative estimate of drug-likeness (QED) is 0.528. The number of ether oxygens (including phenoxy) is 2. The molecule has 3 aliphatic rings. The van der Waals surface area contributed by atoms with Crippen LogP contribution in [0.1, 0.15) is 50.7 Å². The molecule has 0 aromatic heterocycles. The standard InChI is InChI=1S/C28H40N2O2/c1-22(2)16-17-32-28-11-7-10-25-20-30(19-24-12-14-26(31-3)15-13-24)27(28)21-29(25)18-23-8-5-4-6-9-23/h4-6,8-9,12-15,22,25,27-28H,7,10-11,16-21H2,1-3H3/t25-,27+,28+/m0/s1. The molecule has 2 bridgehead atoms. The van der Waals surface area contributed by atoms with Crippen LogP contribution >= 0.6 is 0 Å². The Morgan fingerprint density at radius 2 is 1.59 bits per heavy atom. The third kappa shape index (κ3) is 6.12. The minimum absolute atomic E-state index is 0.312. The molecule has 0 spiro atoms. The predicted octanol–water partition coefficient (Wildman–Crippen LogP) is 5.37. The Balaban J connectivity index is 1.51. The molecule has 0 amide bonds. The van der Waals surface area contributed by atoms with E-state index in [1.54, 1.807) is 7.11 Å². The van der Waals surface area contributed by atoms with Crippen LogP contribution in [-0.4, -0.2) is 54.8 Å². The van der Waals surface area contributed by atoms with Gasteiger partial charge in [-0.1, -0.05) is 56.3 Å². The number of benzene rings is 2. The molecule has 4 nitrogen and oxygen atoms in total. The van der Waals surface area contributed by atoms with Crippen LogP contribution in [0.15, 0.2) is 54.6 Å². The van der Waals surface area contributed by atoms with Gasteiger partial charge in [-0.2, -0.15) is 0 Å². The maximum absolute atomic E-state index is 6.57. The van der Waals surface area contributed by atoms with E-state index in [2.05, 4.69) is 78.2 Å². The fourth-order valence-electron chi connectivity index (χ4n) is 5.21. The number of nitrogens with zero attached hydrogens (tertiary/aromatic N) is 2. The zero-order valence-electron chi connectivity index (χ0n) is 20.1. The second kappa shape index (κ2) is 11.3. The van der Waals surface area contributed by atoms with Gasteiger partial charge in [0, 0.05) is 44.9 Å². The summed E-state index contributed by atoms with van der Waals surface area (Å²) in [5.74, 6) is 1.61. The van der Waals surface area contributed by atoms with Crippen molar-refractivity contribution in [1.82, 2.24) is 9.80 Å². The van der Waals surface area contributed by atoms with Crippen LogP contribution in [0.5, 0.6) is 5.75 Å². The normalized spacial score (nSPS) is 24.4. The van der Waals surface area contributed by atoms with E-state index in [-0.39, 0.29) is 0 Å². The van der Waals surface area contributed by atoms with E-state index in [4.69, 9.17) is 9.47 Å². The smallest absolute Gasteiger partial charge is 0.118 e. The highest BCUT2D eigenvalue weighted by Gasteiger charge is 2.40. The number of methoxy groups -OCH3 is 1. The monoisotopic (exact) mass is 436 g/mol. The average Bonchev–Trinajstić information content (AvgIpc) is 2.79. The lowest BCUT2D eigenvalue weighted by Gasteiger charge is -2.51. The molecule has 5 rings (SSSR count). The Bertz CT molecular complexity index is 808. The van der Waals surface area contributed by atoms with Crippen molar-refractivity contribution in [3.63, 3.8) is 0 Å². The molecule has 0 unspecified atom stereocenters. The van der Waals surface area contributed by atoms with Gasteiger partial charge in [-0.3, -0.25) is 9.80 Å². The van der Waals surface area contributed by atoms with Crippen molar-refractivity contribution in [2.24, 2.45) is 5.92 Å². The third-order valence-electron chi connectivity index (χ3n) is 7.11. The van der Waals surface area contributed by atoms with Crippen LogP contribution < -0.4 is 4.74 Å². The molecule has 0 N–H and O–H groups in total. The second-order valence-corrected chi connectivity index (χ2v) is 9.94. The molecule has 0 saturated carbocycles. The molecule has 2 aromatic rings. The first-order valence-corrected chi connectivity index (χ1v) is 12.4.